The van der Waals surface area contributed by atoms with Crippen molar-refractivity contribution in [3.63, 3.8) is 0 Å². The number of hydrogen-bond donors (Lipinski definition) is 1. The molecule has 0 spiro atoms. The number of nitrogens with zero attached hydrogens (tertiary/aromatic N) is 2. The molecule has 1 N–H and O–H groups in total. The second-order valence-corrected chi connectivity index (χ2v) is 7.25. The first-order chi connectivity index (χ1) is 10.8. The van der Waals surface area contributed by atoms with E-state index in [9.17, 15) is 4.79 Å². The lowest BCUT2D eigenvalue weighted by atomic mass is 10.1. The third-order valence-corrected chi connectivity index (χ3v) is 5.36. The fourth-order valence-corrected chi connectivity index (χ4v) is 3.97. The minimum atomic E-state index is 0.0380. The maximum Gasteiger partial charge on any atom is 0.321 e. The van der Waals surface area contributed by atoms with Crippen LogP contribution >= 0.6 is 11.8 Å². The van der Waals surface area contributed by atoms with Crippen LogP contribution in [0.25, 0.3) is 0 Å². The zero-order chi connectivity index (χ0) is 15.2. The van der Waals surface area contributed by atoms with Gasteiger partial charge in [-0.1, -0.05) is 12.1 Å². The van der Waals surface area contributed by atoms with Gasteiger partial charge in [-0.3, -0.25) is 0 Å². The van der Waals surface area contributed by atoms with Gasteiger partial charge in [-0.25, -0.2) is 4.79 Å². The van der Waals surface area contributed by atoms with Gasteiger partial charge in [0.1, 0.15) is 0 Å². The molecule has 120 valence electrons. The van der Waals surface area contributed by atoms with E-state index in [0.29, 0.717) is 0 Å². The van der Waals surface area contributed by atoms with Crippen LogP contribution in [0.15, 0.2) is 24.3 Å². The van der Waals surface area contributed by atoms with Crippen molar-refractivity contribution in [3.8, 4) is 0 Å². The second-order valence-electron chi connectivity index (χ2n) is 6.03. The van der Waals surface area contributed by atoms with Crippen LogP contribution < -0.4 is 5.32 Å². The van der Waals surface area contributed by atoms with E-state index in [0.717, 1.165) is 44.6 Å². The number of likely N-dealkylation sites (tertiary alicyclic amines) is 1. The van der Waals surface area contributed by atoms with Crippen LogP contribution in [-0.2, 0) is 6.42 Å². The van der Waals surface area contributed by atoms with Crippen LogP contribution in [0.2, 0.25) is 0 Å². The van der Waals surface area contributed by atoms with Gasteiger partial charge in [0.05, 0.1) is 0 Å². The summed E-state index contributed by atoms with van der Waals surface area (Å²) >= 11 is 2.05. The van der Waals surface area contributed by atoms with Gasteiger partial charge in [-0.2, -0.15) is 11.8 Å². The van der Waals surface area contributed by atoms with Gasteiger partial charge in [0.25, 0.3) is 0 Å². The molecule has 0 radical (unpaired) electrons. The molecule has 0 atom stereocenters. The monoisotopic (exact) mass is 319 g/mol. The van der Waals surface area contributed by atoms with Crippen molar-refractivity contribution in [1.29, 1.82) is 0 Å². The lowest BCUT2D eigenvalue weighted by Crippen LogP contribution is -2.34. The van der Waals surface area contributed by atoms with Crippen molar-refractivity contribution in [1.82, 2.24) is 9.80 Å². The molecule has 2 heterocycles. The summed E-state index contributed by atoms with van der Waals surface area (Å²) < 4.78 is 0. The molecule has 2 aliphatic heterocycles. The molecular weight excluding hydrogens is 294 g/mol. The van der Waals surface area contributed by atoms with Crippen molar-refractivity contribution in [2.24, 2.45) is 0 Å². The highest BCUT2D eigenvalue weighted by Crippen LogP contribution is 2.15. The molecule has 1 aromatic rings. The Kier molecular flexibility index (Phi) is 5.62. The summed E-state index contributed by atoms with van der Waals surface area (Å²) in [5, 5.41) is 2.99. The molecule has 4 nitrogen and oxygen atoms in total. The number of benzene rings is 1. The summed E-state index contributed by atoms with van der Waals surface area (Å²) in [7, 11) is 0. The number of urea groups is 1. The third kappa shape index (κ3) is 4.40. The zero-order valence-corrected chi connectivity index (χ0v) is 13.9. The number of nitrogens with one attached hydrogen (secondary N) is 1. The molecular formula is C17H25N3OS. The number of hydrogen-bond acceptors (Lipinski definition) is 3. The number of rotatable bonds is 4. The molecule has 5 heteroatoms. The van der Waals surface area contributed by atoms with E-state index in [4.69, 9.17) is 0 Å². The van der Waals surface area contributed by atoms with Gasteiger partial charge in [0, 0.05) is 49.9 Å². The topological polar surface area (TPSA) is 35.6 Å². The molecule has 2 aliphatic rings. The SMILES string of the molecule is O=C(Nc1ccc(CCN2CCSCC2)cc1)N1CCCC1. The fourth-order valence-electron chi connectivity index (χ4n) is 2.99. The van der Waals surface area contributed by atoms with E-state index in [1.54, 1.807) is 0 Å². The second kappa shape index (κ2) is 7.88. The summed E-state index contributed by atoms with van der Waals surface area (Å²) in [5.74, 6) is 2.53. The normalized spacial score (nSPS) is 19.4. The van der Waals surface area contributed by atoms with Gasteiger partial charge in [0.15, 0.2) is 0 Å². The highest BCUT2D eigenvalue weighted by Gasteiger charge is 2.17. The molecule has 3 rings (SSSR count). The Labute approximate surface area is 137 Å². The molecule has 0 aliphatic carbocycles. The minimum absolute atomic E-state index is 0.0380. The lowest BCUT2D eigenvalue weighted by molar-refractivity contribution is 0.222. The number of carbonyl (C=O) groups is 1. The first kappa shape index (κ1) is 15.7. The maximum absolute atomic E-state index is 12.0. The zero-order valence-electron chi connectivity index (χ0n) is 13.1. The van der Waals surface area contributed by atoms with Gasteiger partial charge in [0.2, 0.25) is 0 Å². The van der Waals surface area contributed by atoms with E-state index in [-0.39, 0.29) is 6.03 Å². The van der Waals surface area contributed by atoms with Crippen LogP contribution in [-0.4, -0.2) is 60.1 Å². The first-order valence-corrected chi connectivity index (χ1v) is 9.42. The van der Waals surface area contributed by atoms with Gasteiger partial charge < -0.3 is 15.1 Å². The number of amides is 2. The molecule has 0 aromatic heterocycles. The fraction of sp³-hybridized carbons (Fsp3) is 0.588. The Balaban J connectivity index is 1.46. The maximum atomic E-state index is 12.0. The van der Waals surface area contributed by atoms with Gasteiger partial charge in [-0.05, 0) is 37.0 Å². The van der Waals surface area contributed by atoms with E-state index < -0.39 is 0 Å². The standard InChI is InChI=1S/C17H25N3OS/c21-17(20-8-1-2-9-20)18-16-5-3-15(4-6-16)7-10-19-11-13-22-14-12-19/h3-6H,1-2,7-14H2,(H,18,21). The Hall–Kier alpha value is -1.20. The average Bonchev–Trinajstić information content (AvgIpc) is 3.10. The quantitative estimate of drug-likeness (QED) is 0.927. The molecule has 0 unspecified atom stereocenters. The van der Waals surface area contributed by atoms with Gasteiger partial charge in [-0.15, -0.1) is 0 Å². The molecule has 2 saturated heterocycles. The highest BCUT2D eigenvalue weighted by molar-refractivity contribution is 7.99. The van der Waals surface area contributed by atoms with Gasteiger partial charge >= 0.3 is 6.03 Å². The van der Waals surface area contributed by atoms with Crippen molar-refractivity contribution in [2.45, 2.75) is 19.3 Å². The Morgan fingerprint density at radius 2 is 1.73 bits per heavy atom. The summed E-state index contributed by atoms with van der Waals surface area (Å²) in [6.45, 7) is 5.35. The van der Waals surface area contributed by atoms with Crippen molar-refractivity contribution < 1.29 is 4.79 Å². The molecule has 2 amide bonds. The summed E-state index contributed by atoms with van der Waals surface area (Å²) in [4.78, 5) is 16.5. The minimum Gasteiger partial charge on any atom is -0.325 e. The molecule has 2 fully saturated rings. The third-order valence-electron chi connectivity index (χ3n) is 4.42. The number of carbonyl (C=O) groups excluding carboxylic acids is 1. The van der Waals surface area contributed by atoms with Crippen molar-refractivity contribution in [3.05, 3.63) is 29.8 Å². The predicted molar refractivity (Wildman–Crippen MR) is 93.7 cm³/mol. The van der Waals surface area contributed by atoms with E-state index >= 15 is 0 Å². The largest absolute Gasteiger partial charge is 0.325 e. The lowest BCUT2D eigenvalue weighted by Gasteiger charge is -2.26. The number of anilines is 1. The first-order valence-electron chi connectivity index (χ1n) is 8.26. The summed E-state index contributed by atoms with van der Waals surface area (Å²) in [6.07, 6.45) is 3.34. The van der Waals surface area contributed by atoms with E-state index in [1.807, 2.05) is 17.0 Å². The van der Waals surface area contributed by atoms with Crippen molar-refractivity contribution >= 4 is 23.5 Å². The summed E-state index contributed by atoms with van der Waals surface area (Å²) in [6, 6.07) is 8.36. The Morgan fingerprint density at radius 1 is 1.05 bits per heavy atom. The van der Waals surface area contributed by atoms with Crippen LogP contribution in [0.4, 0.5) is 10.5 Å². The Morgan fingerprint density at radius 3 is 2.41 bits per heavy atom. The van der Waals surface area contributed by atoms with Crippen LogP contribution in [0.5, 0.6) is 0 Å². The predicted octanol–water partition coefficient (Wildman–Crippen LogP) is 2.91. The molecule has 0 bridgehead atoms. The highest BCUT2D eigenvalue weighted by atomic mass is 32.2. The van der Waals surface area contributed by atoms with Crippen LogP contribution in [0, 0.1) is 0 Å². The molecule has 1 aromatic carbocycles. The number of thioether (sulfide) groups is 1. The smallest absolute Gasteiger partial charge is 0.321 e. The average molecular weight is 319 g/mol. The molecule has 22 heavy (non-hydrogen) atoms. The molecule has 0 saturated carbocycles. The van der Waals surface area contributed by atoms with Crippen molar-refractivity contribution in [2.75, 3.05) is 49.5 Å². The Bertz CT molecular complexity index is 479. The van der Waals surface area contributed by atoms with E-state index in [1.165, 1.54) is 30.2 Å². The summed E-state index contributed by atoms with van der Waals surface area (Å²) in [5.41, 5.74) is 2.24. The van der Waals surface area contributed by atoms with Crippen LogP contribution in [0.1, 0.15) is 18.4 Å². The van der Waals surface area contributed by atoms with E-state index in [2.05, 4.69) is 34.1 Å². The van der Waals surface area contributed by atoms with Crippen LogP contribution in [0.3, 0.4) is 0 Å².